The van der Waals surface area contributed by atoms with Crippen LogP contribution in [0.3, 0.4) is 0 Å². The van der Waals surface area contributed by atoms with Crippen LogP contribution in [-0.4, -0.2) is 24.4 Å². The fourth-order valence-electron chi connectivity index (χ4n) is 5.14. The van der Waals surface area contributed by atoms with Crippen molar-refractivity contribution in [1.82, 2.24) is 9.78 Å². The standard InChI is InChI=1S/C34H35ClN2O2Si/c1-33(2,3)40(4,5)39-24-30-28-22-36-37(32(28)21-31(35)29(30)23-38)34(25-15-9-6-10-16-25,26-17-11-7-12-18-26)27-19-13-8-14-20-27/h6-23H,24H2,1-5H3. The zero-order valence-electron chi connectivity index (χ0n) is 23.7. The molecular weight excluding hydrogens is 532 g/mol. The van der Waals surface area contributed by atoms with Crippen molar-refractivity contribution in [2.24, 2.45) is 0 Å². The Kier molecular flexibility index (Phi) is 7.57. The molecule has 4 nitrogen and oxygen atoms in total. The van der Waals surface area contributed by atoms with Gasteiger partial charge in [-0.15, -0.1) is 0 Å². The van der Waals surface area contributed by atoms with Crippen LogP contribution < -0.4 is 0 Å². The predicted molar refractivity (Wildman–Crippen MR) is 167 cm³/mol. The third kappa shape index (κ3) is 4.72. The lowest BCUT2D eigenvalue weighted by Crippen LogP contribution is -2.40. The first-order valence-electron chi connectivity index (χ1n) is 13.6. The molecule has 0 radical (unpaired) electrons. The van der Waals surface area contributed by atoms with Crippen LogP contribution in [0.25, 0.3) is 10.9 Å². The van der Waals surface area contributed by atoms with Gasteiger partial charge in [0.25, 0.3) is 0 Å². The second-order valence-corrected chi connectivity index (χ2v) is 16.9. The van der Waals surface area contributed by atoms with Gasteiger partial charge in [0.2, 0.25) is 0 Å². The number of rotatable bonds is 8. The van der Waals surface area contributed by atoms with E-state index in [1.54, 1.807) is 0 Å². The van der Waals surface area contributed by atoms with Gasteiger partial charge < -0.3 is 4.43 Å². The molecule has 0 atom stereocenters. The van der Waals surface area contributed by atoms with Gasteiger partial charge in [0.1, 0.15) is 5.54 Å². The molecule has 0 unspecified atom stereocenters. The average Bonchev–Trinajstić information content (AvgIpc) is 3.37. The Balaban J connectivity index is 1.84. The van der Waals surface area contributed by atoms with E-state index in [4.69, 9.17) is 21.1 Å². The van der Waals surface area contributed by atoms with E-state index in [1.807, 2.05) is 30.5 Å². The van der Waals surface area contributed by atoms with Gasteiger partial charge in [-0.25, -0.2) is 4.68 Å². The second kappa shape index (κ2) is 10.8. The van der Waals surface area contributed by atoms with E-state index >= 15 is 0 Å². The molecule has 6 heteroatoms. The molecule has 204 valence electrons. The summed E-state index contributed by atoms with van der Waals surface area (Å²) in [7, 11) is -2.10. The van der Waals surface area contributed by atoms with E-state index in [0.717, 1.165) is 39.4 Å². The maximum absolute atomic E-state index is 12.3. The lowest BCUT2D eigenvalue weighted by atomic mass is 9.77. The zero-order valence-corrected chi connectivity index (χ0v) is 25.4. The Morgan fingerprint density at radius 3 is 1.75 bits per heavy atom. The van der Waals surface area contributed by atoms with Crippen molar-refractivity contribution in [2.45, 2.75) is 51.0 Å². The van der Waals surface area contributed by atoms with Crippen molar-refractivity contribution in [3.63, 3.8) is 0 Å². The van der Waals surface area contributed by atoms with Crippen LogP contribution >= 0.6 is 11.6 Å². The first kappa shape index (κ1) is 28.0. The molecule has 1 aromatic heterocycles. The third-order valence-electron chi connectivity index (χ3n) is 8.37. The van der Waals surface area contributed by atoms with Crippen LogP contribution in [0.4, 0.5) is 0 Å². The summed E-state index contributed by atoms with van der Waals surface area (Å²) in [5, 5.41) is 6.34. The van der Waals surface area contributed by atoms with E-state index in [0.29, 0.717) is 17.2 Å². The molecule has 40 heavy (non-hydrogen) atoms. The lowest BCUT2D eigenvalue weighted by molar-refractivity contribution is 0.112. The molecule has 5 rings (SSSR count). The number of aromatic nitrogens is 2. The Hall–Kier alpha value is -3.51. The van der Waals surface area contributed by atoms with Crippen LogP contribution in [0, 0.1) is 0 Å². The zero-order chi connectivity index (χ0) is 28.5. The van der Waals surface area contributed by atoms with E-state index < -0.39 is 13.9 Å². The Morgan fingerprint density at radius 1 is 0.850 bits per heavy atom. The number of halogens is 1. The molecule has 0 aliphatic carbocycles. The molecule has 0 bridgehead atoms. The van der Waals surface area contributed by atoms with Gasteiger partial charge in [-0.2, -0.15) is 5.10 Å². The average molecular weight is 567 g/mol. The summed E-state index contributed by atoms with van der Waals surface area (Å²) in [6.07, 6.45) is 2.69. The molecule has 0 aliphatic rings. The minimum absolute atomic E-state index is 0.0271. The Morgan fingerprint density at radius 2 is 1.32 bits per heavy atom. The molecule has 0 spiro atoms. The summed E-state index contributed by atoms with van der Waals surface area (Å²) < 4.78 is 8.67. The van der Waals surface area contributed by atoms with Gasteiger partial charge >= 0.3 is 0 Å². The molecule has 0 aliphatic heterocycles. The van der Waals surface area contributed by atoms with Gasteiger partial charge in [-0.1, -0.05) is 123 Å². The molecule has 0 fully saturated rings. The third-order valence-corrected chi connectivity index (χ3v) is 13.2. The lowest BCUT2D eigenvalue weighted by Gasteiger charge is -2.37. The first-order chi connectivity index (χ1) is 19.1. The molecule has 0 saturated heterocycles. The smallest absolute Gasteiger partial charge is 0.192 e. The summed E-state index contributed by atoms with van der Waals surface area (Å²) in [4.78, 5) is 12.3. The second-order valence-electron chi connectivity index (χ2n) is 11.7. The molecule has 0 N–H and O–H groups in total. The maximum atomic E-state index is 12.3. The van der Waals surface area contributed by atoms with Crippen molar-refractivity contribution >= 4 is 37.1 Å². The molecule has 0 amide bonds. The number of hydrogen-bond acceptors (Lipinski definition) is 3. The molecule has 4 aromatic carbocycles. The number of carbonyl (C=O) groups is 1. The number of aldehydes is 1. The fourth-order valence-corrected chi connectivity index (χ4v) is 6.34. The number of nitrogens with zero attached hydrogens (tertiary/aromatic N) is 2. The normalized spacial score (nSPS) is 12.6. The van der Waals surface area contributed by atoms with Crippen molar-refractivity contribution < 1.29 is 9.22 Å². The predicted octanol–water partition coefficient (Wildman–Crippen LogP) is 8.86. The van der Waals surface area contributed by atoms with E-state index in [9.17, 15) is 4.79 Å². The van der Waals surface area contributed by atoms with Crippen LogP contribution in [0.5, 0.6) is 0 Å². The number of carbonyl (C=O) groups excluding carboxylic acids is 1. The van der Waals surface area contributed by atoms with Crippen molar-refractivity contribution in [3.05, 3.63) is 136 Å². The number of hydrogen-bond donors (Lipinski definition) is 0. The SMILES string of the molecule is CC(C)(C)[Si](C)(C)OCc1c(C=O)c(Cl)cc2c1cnn2C(c1ccccc1)(c1ccccc1)c1ccccc1. The quantitative estimate of drug-likeness (QED) is 0.107. The summed E-state index contributed by atoms with van der Waals surface area (Å²) in [5.41, 5.74) is 4.45. The largest absolute Gasteiger partial charge is 0.413 e. The van der Waals surface area contributed by atoms with Gasteiger partial charge in [-0.05, 0) is 46.5 Å². The Labute approximate surface area is 242 Å². The summed E-state index contributed by atoms with van der Waals surface area (Å²) in [6.45, 7) is 11.3. The van der Waals surface area contributed by atoms with Gasteiger partial charge in [0, 0.05) is 10.9 Å². The highest BCUT2D eigenvalue weighted by molar-refractivity contribution is 6.74. The van der Waals surface area contributed by atoms with Crippen molar-refractivity contribution in [3.8, 4) is 0 Å². The Bertz CT molecular complexity index is 1530. The maximum Gasteiger partial charge on any atom is 0.192 e. The van der Waals surface area contributed by atoms with Gasteiger partial charge in [0.05, 0.1) is 23.3 Å². The summed E-state index contributed by atoms with van der Waals surface area (Å²) in [5.74, 6) is 0. The minimum atomic E-state index is -2.10. The van der Waals surface area contributed by atoms with Gasteiger partial charge in [0.15, 0.2) is 14.6 Å². The van der Waals surface area contributed by atoms with E-state index in [1.165, 1.54) is 0 Å². The van der Waals surface area contributed by atoms with Crippen LogP contribution in [0.2, 0.25) is 23.2 Å². The van der Waals surface area contributed by atoms with Gasteiger partial charge in [-0.3, -0.25) is 4.79 Å². The topological polar surface area (TPSA) is 44.1 Å². The molecular formula is C34H35ClN2O2Si. The molecule has 1 heterocycles. The monoisotopic (exact) mass is 566 g/mol. The highest BCUT2D eigenvalue weighted by Gasteiger charge is 2.41. The number of benzene rings is 4. The van der Waals surface area contributed by atoms with E-state index in [-0.39, 0.29) is 5.04 Å². The highest BCUT2D eigenvalue weighted by atomic mass is 35.5. The minimum Gasteiger partial charge on any atom is -0.413 e. The first-order valence-corrected chi connectivity index (χ1v) is 16.8. The van der Waals surface area contributed by atoms with Crippen LogP contribution in [0.1, 0.15) is 53.4 Å². The van der Waals surface area contributed by atoms with E-state index in [2.05, 4.69) is 111 Å². The molecule has 5 aromatic rings. The summed E-state index contributed by atoms with van der Waals surface area (Å²) >= 11 is 6.85. The number of fused-ring (bicyclic) bond motifs is 1. The fraction of sp³-hybridized carbons (Fsp3) is 0.235. The van der Waals surface area contributed by atoms with Crippen molar-refractivity contribution in [2.75, 3.05) is 0 Å². The summed E-state index contributed by atoms with van der Waals surface area (Å²) in [6, 6.07) is 33.1. The van der Waals surface area contributed by atoms with Crippen LogP contribution in [-0.2, 0) is 16.6 Å². The molecule has 0 saturated carbocycles. The highest BCUT2D eigenvalue weighted by Crippen LogP contribution is 2.44. The van der Waals surface area contributed by atoms with Crippen LogP contribution in [0.15, 0.2) is 103 Å². The van der Waals surface area contributed by atoms with Crippen molar-refractivity contribution in [1.29, 1.82) is 0 Å².